The SMILES string of the molecule is Cc1ccc(F)c(CN[C@H](C)c2ccccc2Cl)c1. The molecule has 1 atom stereocenters. The maximum atomic E-state index is 13.6. The summed E-state index contributed by atoms with van der Waals surface area (Å²) in [5, 5.41) is 4.03. The number of hydrogen-bond acceptors (Lipinski definition) is 1. The Morgan fingerprint density at radius 1 is 1.21 bits per heavy atom. The molecule has 0 heterocycles. The molecule has 0 radical (unpaired) electrons. The lowest BCUT2D eigenvalue weighted by Crippen LogP contribution is -2.19. The van der Waals surface area contributed by atoms with Crippen molar-refractivity contribution in [3.05, 3.63) is 70.0 Å². The molecule has 0 bridgehead atoms. The molecule has 0 unspecified atom stereocenters. The van der Waals surface area contributed by atoms with Crippen molar-refractivity contribution >= 4 is 11.6 Å². The number of hydrogen-bond donors (Lipinski definition) is 1. The molecule has 0 saturated carbocycles. The quantitative estimate of drug-likeness (QED) is 0.858. The molecule has 100 valence electrons. The van der Waals surface area contributed by atoms with Gasteiger partial charge in [0.2, 0.25) is 0 Å². The van der Waals surface area contributed by atoms with Gasteiger partial charge in [-0.15, -0.1) is 0 Å². The van der Waals surface area contributed by atoms with Crippen molar-refractivity contribution in [3.63, 3.8) is 0 Å². The van der Waals surface area contributed by atoms with Crippen LogP contribution in [0.25, 0.3) is 0 Å². The normalized spacial score (nSPS) is 12.4. The molecule has 0 aliphatic rings. The molecule has 0 saturated heterocycles. The zero-order chi connectivity index (χ0) is 13.8. The second-order valence-electron chi connectivity index (χ2n) is 4.72. The lowest BCUT2D eigenvalue weighted by atomic mass is 10.1. The van der Waals surface area contributed by atoms with E-state index in [0.29, 0.717) is 12.1 Å². The van der Waals surface area contributed by atoms with E-state index in [9.17, 15) is 4.39 Å². The van der Waals surface area contributed by atoms with E-state index in [4.69, 9.17) is 11.6 Å². The highest BCUT2D eigenvalue weighted by atomic mass is 35.5. The third kappa shape index (κ3) is 3.55. The first-order valence-electron chi connectivity index (χ1n) is 6.31. The molecule has 0 aliphatic carbocycles. The summed E-state index contributed by atoms with van der Waals surface area (Å²) < 4.78 is 13.6. The van der Waals surface area contributed by atoms with Gasteiger partial charge in [-0.2, -0.15) is 0 Å². The molecule has 19 heavy (non-hydrogen) atoms. The van der Waals surface area contributed by atoms with Crippen LogP contribution in [0.3, 0.4) is 0 Å². The molecule has 2 rings (SSSR count). The fourth-order valence-corrected chi connectivity index (χ4v) is 2.34. The first-order valence-corrected chi connectivity index (χ1v) is 6.68. The number of halogens is 2. The number of rotatable bonds is 4. The van der Waals surface area contributed by atoms with Crippen LogP contribution in [-0.2, 0) is 6.54 Å². The van der Waals surface area contributed by atoms with Crippen LogP contribution in [0.1, 0.15) is 29.7 Å². The van der Waals surface area contributed by atoms with Crippen LogP contribution in [0.15, 0.2) is 42.5 Å². The third-order valence-electron chi connectivity index (χ3n) is 3.17. The Morgan fingerprint density at radius 3 is 2.68 bits per heavy atom. The van der Waals surface area contributed by atoms with Crippen molar-refractivity contribution in [2.75, 3.05) is 0 Å². The number of benzene rings is 2. The van der Waals surface area contributed by atoms with E-state index in [2.05, 4.69) is 5.32 Å². The van der Waals surface area contributed by atoms with Crippen molar-refractivity contribution < 1.29 is 4.39 Å². The minimum Gasteiger partial charge on any atom is -0.306 e. The predicted octanol–water partition coefficient (Wildman–Crippen LogP) is 4.64. The second-order valence-corrected chi connectivity index (χ2v) is 5.13. The molecular weight excluding hydrogens is 261 g/mol. The van der Waals surface area contributed by atoms with E-state index in [1.54, 1.807) is 6.07 Å². The van der Waals surface area contributed by atoms with Crippen molar-refractivity contribution in [1.82, 2.24) is 5.32 Å². The average Bonchev–Trinajstić information content (AvgIpc) is 2.40. The fraction of sp³-hybridized carbons (Fsp3) is 0.250. The summed E-state index contributed by atoms with van der Waals surface area (Å²) in [6, 6.07) is 12.9. The summed E-state index contributed by atoms with van der Waals surface area (Å²) in [7, 11) is 0. The van der Waals surface area contributed by atoms with E-state index >= 15 is 0 Å². The van der Waals surface area contributed by atoms with Gasteiger partial charge in [0.25, 0.3) is 0 Å². The van der Waals surface area contributed by atoms with Crippen LogP contribution < -0.4 is 5.32 Å². The Balaban J connectivity index is 2.06. The zero-order valence-corrected chi connectivity index (χ0v) is 11.8. The summed E-state index contributed by atoms with van der Waals surface area (Å²) in [5.74, 6) is -0.176. The highest BCUT2D eigenvalue weighted by Crippen LogP contribution is 2.22. The molecule has 2 aromatic carbocycles. The minimum absolute atomic E-state index is 0.0774. The summed E-state index contributed by atoms with van der Waals surface area (Å²) in [4.78, 5) is 0. The molecule has 1 N–H and O–H groups in total. The summed E-state index contributed by atoms with van der Waals surface area (Å²) in [5.41, 5.74) is 2.76. The Morgan fingerprint density at radius 2 is 1.95 bits per heavy atom. The fourth-order valence-electron chi connectivity index (χ4n) is 2.04. The molecule has 0 spiro atoms. The van der Waals surface area contributed by atoms with Gasteiger partial charge in [0, 0.05) is 23.2 Å². The molecule has 0 aliphatic heterocycles. The lowest BCUT2D eigenvalue weighted by molar-refractivity contribution is 0.544. The van der Waals surface area contributed by atoms with Crippen LogP contribution in [-0.4, -0.2) is 0 Å². The number of aryl methyl sites for hydroxylation is 1. The minimum atomic E-state index is -0.176. The van der Waals surface area contributed by atoms with Gasteiger partial charge >= 0.3 is 0 Å². The average molecular weight is 278 g/mol. The van der Waals surface area contributed by atoms with Gasteiger partial charge in [-0.1, -0.05) is 47.5 Å². The van der Waals surface area contributed by atoms with Crippen LogP contribution in [0, 0.1) is 12.7 Å². The zero-order valence-electron chi connectivity index (χ0n) is 11.1. The molecule has 1 nitrogen and oxygen atoms in total. The maximum Gasteiger partial charge on any atom is 0.127 e. The monoisotopic (exact) mass is 277 g/mol. The second kappa shape index (κ2) is 6.18. The van der Waals surface area contributed by atoms with Crippen LogP contribution >= 0.6 is 11.6 Å². The van der Waals surface area contributed by atoms with Gasteiger partial charge in [0.05, 0.1) is 0 Å². The Kier molecular flexibility index (Phi) is 4.56. The lowest BCUT2D eigenvalue weighted by Gasteiger charge is -2.16. The molecule has 2 aromatic rings. The van der Waals surface area contributed by atoms with Crippen molar-refractivity contribution in [2.45, 2.75) is 26.4 Å². The largest absolute Gasteiger partial charge is 0.306 e. The summed E-state index contributed by atoms with van der Waals surface area (Å²) in [6.45, 7) is 4.47. The van der Waals surface area contributed by atoms with Crippen LogP contribution in [0.5, 0.6) is 0 Å². The summed E-state index contributed by atoms with van der Waals surface area (Å²) in [6.07, 6.45) is 0. The van der Waals surface area contributed by atoms with E-state index in [-0.39, 0.29) is 11.9 Å². The molecule has 3 heteroatoms. The molecule has 0 amide bonds. The molecular formula is C16H17ClFN. The standard InChI is InChI=1S/C16H17ClFN/c1-11-7-8-16(18)13(9-11)10-19-12(2)14-5-3-4-6-15(14)17/h3-9,12,19H,10H2,1-2H3/t12-/m1/s1. The summed E-state index contributed by atoms with van der Waals surface area (Å²) >= 11 is 6.14. The van der Waals surface area contributed by atoms with Gasteiger partial charge in [0.1, 0.15) is 5.82 Å². The number of nitrogens with one attached hydrogen (secondary N) is 1. The molecule has 0 fully saturated rings. The van der Waals surface area contributed by atoms with Gasteiger partial charge in [-0.3, -0.25) is 0 Å². The first kappa shape index (κ1) is 14.0. The highest BCUT2D eigenvalue weighted by molar-refractivity contribution is 6.31. The molecule has 0 aromatic heterocycles. The van der Waals surface area contributed by atoms with E-state index < -0.39 is 0 Å². The van der Waals surface area contributed by atoms with E-state index in [1.165, 1.54) is 6.07 Å². The topological polar surface area (TPSA) is 12.0 Å². The van der Waals surface area contributed by atoms with Crippen molar-refractivity contribution in [3.8, 4) is 0 Å². The highest BCUT2D eigenvalue weighted by Gasteiger charge is 2.09. The van der Waals surface area contributed by atoms with Crippen molar-refractivity contribution in [2.24, 2.45) is 0 Å². The van der Waals surface area contributed by atoms with Gasteiger partial charge in [-0.25, -0.2) is 4.39 Å². The van der Waals surface area contributed by atoms with Gasteiger partial charge in [0.15, 0.2) is 0 Å². The predicted molar refractivity (Wildman–Crippen MR) is 77.8 cm³/mol. The Labute approximate surface area is 118 Å². The Bertz CT molecular complexity index is 568. The van der Waals surface area contributed by atoms with Crippen LogP contribution in [0.4, 0.5) is 4.39 Å². The van der Waals surface area contributed by atoms with E-state index in [0.717, 1.165) is 16.1 Å². The van der Waals surface area contributed by atoms with Gasteiger partial charge < -0.3 is 5.32 Å². The Hall–Kier alpha value is -1.38. The van der Waals surface area contributed by atoms with E-state index in [1.807, 2.05) is 44.2 Å². The van der Waals surface area contributed by atoms with Crippen molar-refractivity contribution in [1.29, 1.82) is 0 Å². The third-order valence-corrected chi connectivity index (χ3v) is 3.52. The van der Waals surface area contributed by atoms with Crippen LogP contribution in [0.2, 0.25) is 5.02 Å². The van der Waals surface area contributed by atoms with Gasteiger partial charge in [-0.05, 0) is 31.5 Å². The maximum absolute atomic E-state index is 13.6. The smallest absolute Gasteiger partial charge is 0.127 e. The first-order chi connectivity index (χ1) is 9.08.